The van der Waals surface area contributed by atoms with Crippen molar-refractivity contribution < 1.29 is 13.2 Å². The van der Waals surface area contributed by atoms with Crippen LogP contribution in [0.1, 0.15) is 21.5 Å². The van der Waals surface area contributed by atoms with Gasteiger partial charge in [0.25, 0.3) is 5.91 Å². The molecule has 0 heterocycles. The standard InChI is InChI=1S/C23H24N2O3S/c1-25(29(27,28)22-10-6-3-7-11-22)18-20-12-14-21(15-13-20)23(26)24-17-16-19-8-4-2-5-9-19/h2-15H,16-18H2,1H3,(H,24,26). The second-order valence-electron chi connectivity index (χ2n) is 6.76. The van der Waals surface area contributed by atoms with Gasteiger partial charge in [-0.3, -0.25) is 4.79 Å². The van der Waals surface area contributed by atoms with E-state index in [4.69, 9.17) is 0 Å². The van der Waals surface area contributed by atoms with Gasteiger partial charge >= 0.3 is 0 Å². The molecule has 0 saturated heterocycles. The average molecular weight is 409 g/mol. The van der Waals surface area contributed by atoms with Gasteiger partial charge in [-0.25, -0.2) is 8.42 Å². The lowest BCUT2D eigenvalue weighted by atomic mass is 10.1. The summed E-state index contributed by atoms with van der Waals surface area (Å²) in [7, 11) is -2.00. The molecule has 6 heteroatoms. The van der Waals surface area contributed by atoms with E-state index in [1.807, 2.05) is 30.3 Å². The van der Waals surface area contributed by atoms with E-state index in [1.165, 1.54) is 9.87 Å². The van der Waals surface area contributed by atoms with Gasteiger partial charge in [0.15, 0.2) is 0 Å². The molecule has 3 rings (SSSR count). The first-order valence-electron chi connectivity index (χ1n) is 9.39. The Morgan fingerprint density at radius 3 is 2.03 bits per heavy atom. The molecule has 5 nitrogen and oxygen atoms in total. The molecule has 1 amide bonds. The molecule has 150 valence electrons. The number of nitrogens with zero attached hydrogens (tertiary/aromatic N) is 1. The molecule has 0 aromatic heterocycles. The van der Waals surface area contributed by atoms with Gasteiger partial charge in [-0.15, -0.1) is 0 Å². The summed E-state index contributed by atoms with van der Waals surface area (Å²) in [6.45, 7) is 0.787. The van der Waals surface area contributed by atoms with Crippen molar-refractivity contribution in [2.75, 3.05) is 13.6 Å². The van der Waals surface area contributed by atoms with Crippen LogP contribution < -0.4 is 5.32 Å². The van der Waals surface area contributed by atoms with Crippen molar-refractivity contribution in [3.8, 4) is 0 Å². The zero-order chi connectivity index (χ0) is 20.7. The molecule has 0 saturated carbocycles. The number of benzene rings is 3. The van der Waals surface area contributed by atoms with Gasteiger partial charge in [0.1, 0.15) is 0 Å². The predicted octanol–water partition coefficient (Wildman–Crippen LogP) is 3.48. The SMILES string of the molecule is CN(Cc1ccc(C(=O)NCCc2ccccc2)cc1)S(=O)(=O)c1ccccc1. The summed E-state index contributed by atoms with van der Waals surface area (Å²) in [6.07, 6.45) is 0.771. The number of carbonyl (C=O) groups excluding carboxylic acids is 1. The van der Waals surface area contributed by atoms with Crippen molar-refractivity contribution in [3.05, 3.63) is 102 Å². The summed E-state index contributed by atoms with van der Waals surface area (Å²) in [5.74, 6) is -0.141. The quantitative estimate of drug-likeness (QED) is 0.621. The fourth-order valence-corrected chi connectivity index (χ4v) is 4.12. The van der Waals surface area contributed by atoms with E-state index in [1.54, 1.807) is 61.6 Å². The van der Waals surface area contributed by atoms with Gasteiger partial charge in [0.2, 0.25) is 10.0 Å². The molecule has 3 aromatic carbocycles. The van der Waals surface area contributed by atoms with Crippen LogP contribution in [-0.2, 0) is 23.0 Å². The molecule has 0 aliphatic carbocycles. The highest BCUT2D eigenvalue weighted by Crippen LogP contribution is 2.16. The van der Waals surface area contributed by atoms with Crippen LogP contribution in [0.4, 0.5) is 0 Å². The molecule has 0 spiro atoms. The van der Waals surface area contributed by atoms with Crippen molar-refractivity contribution in [3.63, 3.8) is 0 Å². The lowest BCUT2D eigenvalue weighted by molar-refractivity contribution is 0.0954. The Labute approximate surface area is 172 Å². The average Bonchev–Trinajstić information content (AvgIpc) is 2.75. The molecule has 29 heavy (non-hydrogen) atoms. The van der Waals surface area contributed by atoms with E-state index in [9.17, 15) is 13.2 Å². The number of amides is 1. The van der Waals surface area contributed by atoms with Crippen molar-refractivity contribution in [2.24, 2.45) is 0 Å². The summed E-state index contributed by atoms with van der Waals surface area (Å²) in [4.78, 5) is 12.6. The van der Waals surface area contributed by atoms with Crippen LogP contribution in [0, 0.1) is 0 Å². The first-order valence-corrected chi connectivity index (χ1v) is 10.8. The minimum absolute atomic E-state index is 0.141. The Hall–Kier alpha value is -2.96. The number of rotatable bonds is 8. The van der Waals surface area contributed by atoms with Gasteiger partial charge in [-0.05, 0) is 41.8 Å². The molecule has 0 bridgehead atoms. The van der Waals surface area contributed by atoms with Crippen LogP contribution in [0.2, 0.25) is 0 Å². The number of nitrogens with one attached hydrogen (secondary N) is 1. The maximum atomic E-state index is 12.6. The minimum Gasteiger partial charge on any atom is -0.352 e. The summed E-state index contributed by atoms with van der Waals surface area (Å²) in [5.41, 5.74) is 2.54. The van der Waals surface area contributed by atoms with Crippen LogP contribution >= 0.6 is 0 Å². The summed E-state index contributed by atoms with van der Waals surface area (Å²) in [6, 6.07) is 25.3. The van der Waals surface area contributed by atoms with Gasteiger partial charge in [0, 0.05) is 25.7 Å². The predicted molar refractivity (Wildman–Crippen MR) is 114 cm³/mol. The number of carbonyl (C=O) groups is 1. The molecule has 0 aliphatic heterocycles. The van der Waals surface area contributed by atoms with Crippen LogP contribution in [-0.4, -0.2) is 32.2 Å². The molecular formula is C23H24N2O3S. The van der Waals surface area contributed by atoms with Crippen LogP contribution in [0.3, 0.4) is 0 Å². The van der Waals surface area contributed by atoms with E-state index in [-0.39, 0.29) is 17.3 Å². The Morgan fingerprint density at radius 1 is 0.828 bits per heavy atom. The second-order valence-corrected chi connectivity index (χ2v) is 8.81. The molecule has 1 N–H and O–H groups in total. The lowest BCUT2D eigenvalue weighted by Gasteiger charge is -2.17. The highest BCUT2D eigenvalue weighted by Gasteiger charge is 2.20. The first kappa shape index (κ1) is 20.8. The van der Waals surface area contributed by atoms with Crippen LogP contribution in [0.15, 0.2) is 89.8 Å². The second kappa shape index (κ2) is 9.49. The van der Waals surface area contributed by atoms with Gasteiger partial charge in [-0.2, -0.15) is 4.31 Å². The minimum atomic E-state index is -3.55. The van der Waals surface area contributed by atoms with E-state index in [0.717, 1.165) is 12.0 Å². The lowest BCUT2D eigenvalue weighted by Crippen LogP contribution is -2.27. The third-order valence-corrected chi connectivity index (χ3v) is 6.43. The highest BCUT2D eigenvalue weighted by molar-refractivity contribution is 7.89. The maximum Gasteiger partial charge on any atom is 0.251 e. The number of hydrogen-bond donors (Lipinski definition) is 1. The summed E-state index contributed by atoms with van der Waals surface area (Å²) in [5, 5.41) is 2.91. The molecular weight excluding hydrogens is 384 g/mol. The Morgan fingerprint density at radius 2 is 1.41 bits per heavy atom. The smallest absolute Gasteiger partial charge is 0.251 e. The first-order chi connectivity index (χ1) is 14.0. The normalized spacial score (nSPS) is 11.4. The molecule has 0 radical (unpaired) electrons. The topological polar surface area (TPSA) is 66.5 Å². The fourth-order valence-electron chi connectivity index (χ4n) is 2.94. The van der Waals surface area contributed by atoms with Crippen LogP contribution in [0.5, 0.6) is 0 Å². The summed E-state index contributed by atoms with van der Waals surface area (Å²) < 4.78 is 26.5. The van der Waals surface area contributed by atoms with Crippen molar-refractivity contribution >= 4 is 15.9 Å². The van der Waals surface area contributed by atoms with Crippen molar-refractivity contribution in [1.82, 2.24) is 9.62 Å². The van der Waals surface area contributed by atoms with E-state index in [0.29, 0.717) is 12.1 Å². The Balaban J connectivity index is 1.56. The van der Waals surface area contributed by atoms with Crippen molar-refractivity contribution in [1.29, 1.82) is 0 Å². The largest absolute Gasteiger partial charge is 0.352 e. The van der Waals surface area contributed by atoms with E-state index >= 15 is 0 Å². The molecule has 3 aromatic rings. The van der Waals surface area contributed by atoms with E-state index in [2.05, 4.69) is 5.32 Å². The van der Waals surface area contributed by atoms with Gasteiger partial charge < -0.3 is 5.32 Å². The molecule has 0 unspecified atom stereocenters. The zero-order valence-corrected chi connectivity index (χ0v) is 17.1. The maximum absolute atomic E-state index is 12.6. The summed E-state index contributed by atoms with van der Waals surface area (Å²) >= 11 is 0. The van der Waals surface area contributed by atoms with Crippen molar-refractivity contribution in [2.45, 2.75) is 17.9 Å². The molecule has 0 fully saturated rings. The Bertz CT molecular complexity index is 1030. The number of hydrogen-bond acceptors (Lipinski definition) is 3. The third kappa shape index (κ3) is 5.53. The van der Waals surface area contributed by atoms with Crippen LogP contribution in [0.25, 0.3) is 0 Å². The molecule has 0 aliphatic rings. The van der Waals surface area contributed by atoms with Gasteiger partial charge in [-0.1, -0.05) is 60.7 Å². The van der Waals surface area contributed by atoms with E-state index < -0.39 is 10.0 Å². The highest BCUT2D eigenvalue weighted by atomic mass is 32.2. The van der Waals surface area contributed by atoms with Gasteiger partial charge in [0.05, 0.1) is 4.90 Å². The Kier molecular flexibility index (Phi) is 6.80. The molecule has 0 atom stereocenters. The fraction of sp³-hybridized carbons (Fsp3) is 0.174. The monoisotopic (exact) mass is 408 g/mol. The third-order valence-electron chi connectivity index (χ3n) is 4.61. The zero-order valence-electron chi connectivity index (χ0n) is 16.3. The number of sulfonamides is 1.